The van der Waals surface area contributed by atoms with Gasteiger partial charge in [-0.1, -0.05) is 23.7 Å². The second-order valence-electron chi connectivity index (χ2n) is 16.4. The lowest BCUT2D eigenvalue weighted by molar-refractivity contribution is -0.138. The lowest BCUT2D eigenvalue weighted by atomic mass is 9.96. The van der Waals surface area contributed by atoms with E-state index in [-0.39, 0.29) is 32.5 Å². The van der Waals surface area contributed by atoms with Crippen LogP contribution in [0, 0.1) is 51.0 Å². The molecule has 0 amide bonds. The van der Waals surface area contributed by atoms with E-state index in [0.717, 1.165) is 48.2 Å². The summed E-state index contributed by atoms with van der Waals surface area (Å²) >= 11 is 6.21. The molecule has 5 heterocycles. The molecule has 7 aromatic rings. The minimum atomic E-state index is -4.51. The van der Waals surface area contributed by atoms with Crippen molar-refractivity contribution in [3.63, 3.8) is 0 Å². The van der Waals surface area contributed by atoms with Crippen molar-refractivity contribution in [2.45, 2.75) is 40.0 Å². The number of hydrogen-bond donors (Lipinski definition) is 1. The molecule has 4 aromatic carbocycles. The van der Waals surface area contributed by atoms with E-state index in [1.165, 1.54) is 19.1 Å². The standard InChI is InChI=1S/C31H30F5N5O2.C18H11ClF5N/c1-18-13-20(31(34,35)36)3-4-23(18)28-19(2)29(27-24(33)14-21(32)15-25(27)38-28)39-26-16-22(40-5-9-42-10-6-40)17-37-30(26)41-7-11-43-12-8-41;1-8-5-10(18(22,23)24)3-4-12(8)17-9(2)16(19)15-13(21)6-11(20)7-14(15)25-17/h3-4,13-17H,5-12H2,1-2H3,(H,38,39);3-7H,1-2H3. The molecule has 0 atom stereocenters. The fourth-order valence-electron chi connectivity index (χ4n) is 8.35. The first-order valence-electron chi connectivity index (χ1n) is 21.2. The largest absolute Gasteiger partial charge is 0.416 e. The minimum Gasteiger partial charge on any atom is -0.378 e. The topological polar surface area (TPSA) is 75.6 Å². The van der Waals surface area contributed by atoms with Crippen LogP contribution in [0.3, 0.4) is 0 Å². The molecule has 2 fully saturated rings. The average molecular weight is 971 g/mol. The summed E-state index contributed by atoms with van der Waals surface area (Å²) in [5.41, 5.74) is 3.24. The van der Waals surface area contributed by atoms with Gasteiger partial charge in [0.05, 0.1) is 99.0 Å². The van der Waals surface area contributed by atoms with Gasteiger partial charge in [-0.05, 0) is 80.3 Å². The summed E-state index contributed by atoms with van der Waals surface area (Å²) in [6.07, 6.45) is -7.17. The number of aryl methyl sites for hydroxylation is 2. The van der Waals surface area contributed by atoms with Crippen molar-refractivity contribution in [3.8, 4) is 22.5 Å². The van der Waals surface area contributed by atoms with Crippen LogP contribution >= 0.6 is 11.6 Å². The molecule has 2 saturated heterocycles. The van der Waals surface area contributed by atoms with Crippen molar-refractivity contribution in [1.29, 1.82) is 0 Å². The summed E-state index contributed by atoms with van der Waals surface area (Å²) in [6, 6.07) is 12.2. The Balaban J connectivity index is 0.000000212. The second-order valence-corrected chi connectivity index (χ2v) is 16.7. The monoisotopic (exact) mass is 970 g/mol. The molecule has 0 saturated carbocycles. The van der Waals surface area contributed by atoms with Crippen LogP contribution in [0.4, 0.5) is 66.8 Å². The highest BCUT2D eigenvalue weighted by atomic mass is 35.5. The minimum absolute atomic E-state index is 0.00222. The van der Waals surface area contributed by atoms with E-state index in [1.807, 2.05) is 6.07 Å². The number of halogens is 11. The van der Waals surface area contributed by atoms with E-state index >= 15 is 4.39 Å². The molecule has 68 heavy (non-hydrogen) atoms. The van der Waals surface area contributed by atoms with Crippen LogP contribution in [-0.4, -0.2) is 67.6 Å². The molecular weight excluding hydrogens is 930 g/mol. The number of fused-ring (bicyclic) bond motifs is 2. The number of pyridine rings is 3. The molecular formula is C49H41ClF10N6O2. The Morgan fingerprint density at radius 2 is 1.06 bits per heavy atom. The number of hydrogen-bond acceptors (Lipinski definition) is 8. The van der Waals surface area contributed by atoms with Gasteiger partial charge in [0.1, 0.15) is 23.3 Å². The fraction of sp³-hybridized carbons (Fsp3) is 0.286. The molecule has 1 N–H and O–H groups in total. The van der Waals surface area contributed by atoms with Gasteiger partial charge in [-0.15, -0.1) is 0 Å². The summed E-state index contributed by atoms with van der Waals surface area (Å²) in [6.45, 7) is 11.1. The Morgan fingerprint density at radius 3 is 1.56 bits per heavy atom. The average Bonchev–Trinajstić information content (AvgIpc) is 3.28. The quantitative estimate of drug-likeness (QED) is 0.165. The van der Waals surface area contributed by atoms with Crippen molar-refractivity contribution in [3.05, 3.63) is 135 Å². The molecule has 0 bridgehead atoms. The maximum atomic E-state index is 15.5. The van der Waals surface area contributed by atoms with Gasteiger partial charge in [-0.3, -0.25) is 0 Å². The lowest BCUT2D eigenvalue weighted by Gasteiger charge is -2.32. The van der Waals surface area contributed by atoms with E-state index in [0.29, 0.717) is 115 Å². The predicted octanol–water partition coefficient (Wildman–Crippen LogP) is 13.1. The van der Waals surface area contributed by atoms with Gasteiger partial charge >= 0.3 is 12.4 Å². The Kier molecular flexibility index (Phi) is 13.5. The molecule has 9 rings (SSSR count). The van der Waals surface area contributed by atoms with E-state index in [4.69, 9.17) is 26.1 Å². The van der Waals surface area contributed by atoms with Crippen LogP contribution in [0.1, 0.15) is 33.4 Å². The highest BCUT2D eigenvalue weighted by Gasteiger charge is 2.33. The summed E-state index contributed by atoms with van der Waals surface area (Å²) < 4.78 is 147. The van der Waals surface area contributed by atoms with Gasteiger partial charge in [0.15, 0.2) is 5.82 Å². The molecule has 2 aliphatic rings. The van der Waals surface area contributed by atoms with E-state index in [9.17, 15) is 39.5 Å². The van der Waals surface area contributed by atoms with Gasteiger partial charge in [-0.25, -0.2) is 32.5 Å². The van der Waals surface area contributed by atoms with Crippen LogP contribution < -0.4 is 15.1 Å². The Labute approximate surface area is 388 Å². The molecule has 356 valence electrons. The number of rotatable bonds is 6. The number of benzene rings is 4. The number of morpholine rings is 2. The van der Waals surface area contributed by atoms with Crippen LogP contribution in [0.15, 0.2) is 72.9 Å². The van der Waals surface area contributed by atoms with Crippen LogP contribution in [0.25, 0.3) is 44.3 Å². The molecule has 3 aromatic heterocycles. The van der Waals surface area contributed by atoms with Crippen LogP contribution in [0.2, 0.25) is 5.02 Å². The molecule has 0 aliphatic carbocycles. The number of anilines is 4. The summed E-state index contributed by atoms with van der Waals surface area (Å²) in [5, 5.41) is 3.50. The first kappa shape index (κ1) is 48.2. The highest BCUT2D eigenvalue weighted by molar-refractivity contribution is 6.36. The smallest absolute Gasteiger partial charge is 0.378 e. The summed E-state index contributed by atoms with van der Waals surface area (Å²) in [5.74, 6) is -2.64. The number of ether oxygens (including phenoxy) is 2. The number of alkyl halides is 6. The number of nitrogens with zero attached hydrogens (tertiary/aromatic N) is 5. The van der Waals surface area contributed by atoms with E-state index < -0.39 is 46.7 Å². The van der Waals surface area contributed by atoms with Crippen molar-refractivity contribution in [1.82, 2.24) is 15.0 Å². The molecule has 19 heteroatoms. The number of aromatic nitrogens is 3. The highest BCUT2D eigenvalue weighted by Crippen LogP contribution is 2.42. The lowest BCUT2D eigenvalue weighted by Crippen LogP contribution is -2.38. The van der Waals surface area contributed by atoms with Gasteiger partial charge in [-0.2, -0.15) is 26.3 Å². The van der Waals surface area contributed by atoms with Crippen molar-refractivity contribution in [2.24, 2.45) is 0 Å². The van der Waals surface area contributed by atoms with Crippen molar-refractivity contribution in [2.75, 3.05) is 67.7 Å². The molecule has 0 radical (unpaired) electrons. The van der Waals surface area contributed by atoms with Crippen LogP contribution in [0.5, 0.6) is 0 Å². The molecule has 8 nitrogen and oxygen atoms in total. The summed E-state index contributed by atoms with van der Waals surface area (Å²) in [4.78, 5) is 17.8. The maximum Gasteiger partial charge on any atom is 0.416 e. The third-order valence-electron chi connectivity index (χ3n) is 11.8. The Hall–Kier alpha value is -6.24. The van der Waals surface area contributed by atoms with Crippen molar-refractivity contribution < 1.29 is 53.4 Å². The first-order valence-corrected chi connectivity index (χ1v) is 21.6. The van der Waals surface area contributed by atoms with Crippen molar-refractivity contribution >= 4 is 56.3 Å². The van der Waals surface area contributed by atoms with Crippen LogP contribution in [-0.2, 0) is 21.8 Å². The normalized spacial score (nSPS) is 14.6. The first-order chi connectivity index (χ1) is 32.2. The molecule has 0 unspecified atom stereocenters. The Morgan fingerprint density at radius 1 is 0.588 bits per heavy atom. The van der Waals surface area contributed by atoms with Gasteiger partial charge in [0.2, 0.25) is 0 Å². The van der Waals surface area contributed by atoms with E-state index in [2.05, 4.69) is 25.1 Å². The second kappa shape index (κ2) is 19.0. The maximum absolute atomic E-state index is 15.5. The number of nitrogens with one attached hydrogen (secondary N) is 1. The predicted molar refractivity (Wildman–Crippen MR) is 242 cm³/mol. The summed E-state index contributed by atoms with van der Waals surface area (Å²) in [7, 11) is 0. The zero-order valence-electron chi connectivity index (χ0n) is 36.8. The fourth-order valence-corrected chi connectivity index (χ4v) is 8.63. The van der Waals surface area contributed by atoms with Gasteiger partial charge in [0.25, 0.3) is 0 Å². The van der Waals surface area contributed by atoms with E-state index in [1.54, 1.807) is 27.0 Å². The zero-order chi connectivity index (χ0) is 48.8. The SMILES string of the molecule is Cc1cc(C(F)(F)F)ccc1-c1nc2cc(F)cc(F)c2c(Cl)c1C.Cc1cc(C(F)(F)F)ccc1-c1nc2cc(F)cc(F)c2c(Nc2cc(N3CCOCC3)cnc2N2CCOCC2)c1C. The molecule has 2 aliphatic heterocycles. The third kappa shape index (κ3) is 9.85. The molecule has 0 spiro atoms. The van der Waals surface area contributed by atoms with Gasteiger partial charge < -0.3 is 24.6 Å². The third-order valence-corrected chi connectivity index (χ3v) is 12.3. The zero-order valence-corrected chi connectivity index (χ0v) is 37.6. The Bertz CT molecular complexity index is 3060. The van der Waals surface area contributed by atoms with Gasteiger partial charge in [0, 0.05) is 61.6 Å².